The third kappa shape index (κ3) is 5.95. The lowest BCUT2D eigenvalue weighted by molar-refractivity contribution is -0.135. The quantitative estimate of drug-likeness (QED) is 0.692. The summed E-state index contributed by atoms with van der Waals surface area (Å²) in [4.78, 5) is 24.6. The van der Waals surface area contributed by atoms with Gasteiger partial charge in [0.2, 0.25) is 11.8 Å². The summed E-state index contributed by atoms with van der Waals surface area (Å²) in [6, 6.07) is 0. The van der Waals surface area contributed by atoms with Crippen molar-refractivity contribution in [2.45, 2.75) is 39.0 Å². The molecule has 1 atom stereocenters. The summed E-state index contributed by atoms with van der Waals surface area (Å²) in [6.07, 6.45) is 1.70. The Labute approximate surface area is 102 Å². The molecule has 94 valence electrons. The molecular formula is C11H21ClN2O2. The van der Waals surface area contributed by atoms with Crippen LogP contribution in [0.1, 0.15) is 33.6 Å². The molecule has 0 aliphatic carbocycles. The molecule has 0 fully saturated rings. The van der Waals surface area contributed by atoms with E-state index in [-0.39, 0.29) is 18.4 Å². The molecule has 0 aromatic carbocycles. The van der Waals surface area contributed by atoms with Gasteiger partial charge in [0.1, 0.15) is 5.38 Å². The number of amides is 2. The van der Waals surface area contributed by atoms with E-state index in [1.165, 1.54) is 4.90 Å². The van der Waals surface area contributed by atoms with Gasteiger partial charge in [-0.05, 0) is 19.8 Å². The SMILES string of the molecule is CCCNC(=O)CN(CCC)C(=O)C(C)Cl. The average Bonchev–Trinajstić information content (AvgIpc) is 2.24. The smallest absolute Gasteiger partial charge is 0.240 e. The molecule has 16 heavy (non-hydrogen) atoms. The highest BCUT2D eigenvalue weighted by atomic mass is 35.5. The fraction of sp³-hybridized carbons (Fsp3) is 0.818. The molecule has 0 aromatic heterocycles. The molecule has 0 saturated carbocycles. The Morgan fingerprint density at radius 1 is 1.31 bits per heavy atom. The van der Waals surface area contributed by atoms with Crippen LogP contribution in [-0.4, -0.2) is 41.7 Å². The van der Waals surface area contributed by atoms with Gasteiger partial charge in [-0.15, -0.1) is 11.6 Å². The second-order valence-corrected chi connectivity index (χ2v) is 4.38. The van der Waals surface area contributed by atoms with Crippen molar-refractivity contribution >= 4 is 23.4 Å². The van der Waals surface area contributed by atoms with Crippen LogP contribution in [0, 0.1) is 0 Å². The van der Waals surface area contributed by atoms with E-state index >= 15 is 0 Å². The number of alkyl halides is 1. The molecular weight excluding hydrogens is 228 g/mol. The average molecular weight is 249 g/mol. The largest absolute Gasteiger partial charge is 0.355 e. The maximum Gasteiger partial charge on any atom is 0.240 e. The molecule has 1 N–H and O–H groups in total. The Bertz CT molecular complexity index is 232. The van der Waals surface area contributed by atoms with E-state index in [9.17, 15) is 9.59 Å². The predicted octanol–water partition coefficient (Wildman–Crippen LogP) is 1.38. The molecule has 0 rings (SSSR count). The van der Waals surface area contributed by atoms with E-state index < -0.39 is 5.38 Å². The first-order chi connectivity index (χ1) is 7.52. The minimum Gasteiger partial charge on any atom is -0.355 e. The fourth-order valence-electron chi connectivity index (χ4n) is 1.28. The maximum absolute atomic E-state index is 11.7. The zero-order chi connectivity index (χ0) is 12.6. The van der Waals surface area contributed by atoms with Crippen LogP contribution in [0.5, 0.6) is 0 Å². The van der Waals surface area contributed by atoms with Crippen molar-refractivity contribution in [3.63, 3.8) is 0 Å². The van der Waals surface area contributed by atoms with Gasteiger partial charge >= 0.3 is 0 Å². The van der Waals surface area contributed by atoms with Crippen LogP contribution < -0.4 is 5.32 Å². The van der Waals surface area contributed by atoms with Crippen LogP contribution in [0.15, 0.2) is 0 Å². The standard InChI is InChI=1S/C11H21ClN2O2/c1-4-6-13-10(15)8-14(7-5-2)11(16)9(3)12/h9H,4-8H2,1-3H3,(H,13,15). The number of carbonyl (C=O) groups is 2. The molecule has 5 heteroatoms. The number of rotatable bonds is 7. The first-order valence-corrected chi connectivity index (χ1v) is 6.16. The summed E-state index contributed by atoms with van der Waals surface area (Å²) >= 11 is 5.72. The van der Waals surface area contributed by atoms with Crippen molar-refractivity contribution in [2.24, 2.45) is 0 Å². The van der Waals surface area contributed by atoms with Crippen LogP contribution in [-0.2, 0) is 9.59 Å². The number of halogens is 1. The summed E-state index contributed by atoms with van der Waals surface area (Å²) in [5.74, 6) is -0.309. The first-order valence-electron chi connectivity index (χ1n) is 5.72. The number of nitrogens with zero attached hydrogens (tertiary/aromatic N) is 1. The molecule has 0 bridgehead atoms. The van der Waals surface area contributed by atoms with Gasteiger partial charge in [0.05, 0.1) is 6.54 Å². The lowest BCUT2D eigenvalue weighted by Gasteiger charge is -2.22. The Morgan fingerprint density at radius 3 is 2.38 bits per heavy atom. The van der Waals surface area contributed by atoms with Crippen molar-refractivity contribution in [2.75, 3.05) is 19.6 Å². The van der Waals surface area contributed by atoms with Crippen LogP contribution in [0.25, 0.3) is 0 Å². The van der Waals surface area contributed by atoms with Gasteiger partial charge in [0.25, 0.3) is 0 Å². The molecule has 0 spiro atoms. The highest BCUT2D eigenvalue weighted by molar-refractivity contribution is 6.30. The highest BCUT2D eigenvalue weighted by Gasteiger charge is 2.19. The molecule has 0 radical (unpaired) electrons. The van der Waals surface area contributed by atoms with E-state index in [0.717, 1.165) is 12.8 Å². The zero-order valence-electron chi connectivity index (χ0n) is 10.3. The predicted molar refractivity (Wildman–Crippen MR) is 65.5 cm³/mol. The van der Waals surface area contributed by atoms with Crippen LogP contribution in [0.4, 0.5) is 0 Å². The summed E-state index contributed by atoms with van der Waals surface area (Å²) in [5, 5.41) is 2.16. The molecule has 1 unspecified atom stereocenters. The Kier molecular flexibility index (Phi) is 7.99. The molecule has 4 nitrogen and oxygen atoms in total. The molecule has 0 saturated heterocycles. The van der Waals surface area contributed by atoms with Gasteiger partial charge in [-0.1, -0.05) is 13.8 Å². The van der Waals surface area contributed by atoms with Crippen molar-refractivity contribution in [1.29, 1.82) is 0 Å². The minimum absolute atomic E-state index is 0.101. The van der Waals surface area contributed by atoms with Gasteiger partial charge in [0, 0.05) is 13.1 Å². The van der Waals surface area contributed by atoms with Crippen molar-refractivity contribution < 1.29 is 9.59 Å². The topological polar surface area (TPSA) is 49.4 Å². The van der Waals surface area contributed by atoms with E-state index in [2.05, 4.69) is 5.32 Å². The Balaban J connectivity index is 4.22. The summed E-state index contributed by atoms with van der Waals surface area (Å²) in [6.45, 7) is 6.87. The van der Waals surface area contributed by atoms with Gasteiger partial charge < -0.3 is 10.2 Å². The molecule has 2 amide bonds. The maximum atomic E-state index is 11.7. The second kappa shape index (κ2) is 8.39. The lowest BCUT2D eigenvalue weighted by Crippen LogP contribution is -2.43. The first kappa shape index (κ1) is 15.2. The monoisotopic (exact) mass is 248 g/mol. The van der Waals surface area contributed by atoms with Crippen LogP contribution in [0.2, 0.25) is 0 Å². The minimum atomic E-state index is -0.578. The van der Waals surface area contributed by atoms with E-state index in [0.29, 0.717) is 13.1 Å². The number of carbonyl (C=O) groups excluding carboxylic acids is 2. The number of hydrogen-bond donors (Lipinski definition) is 1. The van der Waals surface area contributed by atoms with Gasteiger partial charge in [-0.2, -0.15) is 0 Å². The molecule has 0 heterocycles. The Morgan fingerprint density at radius 2 is 1.94 bits per heavy atom. The normalized spacial score (nSPS) is 12.0. The van der Waals surface area contributed by atoms with Crippen LogP contribution >= 0.6 is 11.6 Å². The van der Waals surface area contributed by atoms with Gasteiger partial charge in [0.15, 0.2) is 0 Å². The van der Waals surface area contributed by atoms with E-state index in [1.54, 1.807) is 6.92 Å². The van der Waals surface area contributed by atoms with Crippen molar-refractivity contribution in [1.82, 2.24) is 10.2 Å². The molecule has 0 aromatic rings. The summed E-state index contributed by atoms with van der Waals surface area (Å²) in [5.41, 5.74) is 0. The lowest BCUT2D eigenvalue weighted by atomic mass is 10.3. The van der Waals surface area contributed by atoms with Gasteiger partial charge in [-0.3, -0.25) is 9.59 Å². The zero-order valence-corrected chi connectivity index (χ0v) is 11.0. The summed E-state index contributed by atoms with van der Waals surface area (Å²) < 4.78 is 0. The van der Waals surface area contributed by atoms with Crippen LogP contribution in [0.3, 0.4) is 0 Å². The third-order valence-corrected chi connectivity index (χ3v) is 2.24. The van der Waals surface area contributed by atoms with E-state index in [4.69, 9.17) is 11.6 Å². The number of hydrogen-bond acceptors (Lipinski definition) is 2. The third-order valence-electron chi connectivity index (χ3n) is 2.05. The second-order valence-electron chi connectivity index (χ2n) is 3.73. The summed E-state index contributed by atoms with van der Waals surface area (Å²) in [7, 11) is 0. The van der Waals surface area contributed by atoms with Gasteiger partial charge in [-0.25, -0.2) is 0 Å². The highest BCUT2D eigenvalue weighted by Crippen LogP contribution is 2.02. The molecule has 0 aliphatic rings. The fourth-order valence-corrected chi connectivity index (χ4v) is 1.42. The number of nitrogens with one attached hydrogen (secondary N) is 1. The Hall–Kier alpha value is -0.770. The van der Waals surface area contributed by atoms with Crippen molar-refractivity contribution in [3.8, 4) is 0 Å². The molecule has 0 aliphatic heterocycles. The van der Waals surface area contributed by atoms with E-state index in [1.807, 2.05) is 13.8 Å². The van der Waals surface area contributed by atoms with Crippen molar-refractivity contribution in [3.05, 3.63) is 0 Å².